The van der Waals surface area contributed by atoms with E-state index in [1.54, 1.807) is 0 Å². The smallest absolute Gasteiger partial charge is 0.0802 e. The number of morpholine rings is 1. The van der Waals surface area contributed by atoms with Gasteiger partial charge in [-0.2, -0.15) is 0 Å². The van der Waals surface area contributed by atoms with Gasteiger partial charge < -0.3 is 9.47 Å². The van der Waals surface area contributed by atoms with Crippen LogP contribution in [0.25, 0.3) is 0 Å². The first-order valence-corrected chi connectivity index (χ1v) is 6.91. The SMILES string of the molecule is CC1CN(CC2CCOC2)CC(CBr)O1. The van der Waals surface area contributed by atoms with Gasteiger partial charge in [0.1, 0.15) is 0 Å². The number of rotatable bonds is 3. The molecular weight excluding hydrogens is 258 g/mol. The maximum atomic E-state index is 5.81. The normalized spacial score (nSPS) is 38.4. The fraction of sp³-hybridized carbons (Fsp3) is 1.00. The Morgan fingerprint density at radius 2 is 2.27 bits per heavy atom. The van der Waals surface area contributed by atoms with Crippen LogP contribution in [0.1, 0.15) is 13.3 Å². The fourth-order valence-electron chi connectivity index (χ4n) is 2.47. The van der Waals surface area contributed by atoms with Gasteiger partial charge in [0, 0.05) is 31.6 Å². The highest BCUT2D eigenvalue weighted by Gasteiger charge is 2.27. The number of nitrogens with zero attached hydrogens (tertiary/aromatic N) is 1. The lowest BCUT2D eigenvalue weighted by Crippen LogP contribution is -2.48. The van der Waals surface area contributed by atoms with Gasteiger partial charge in [-0.1, -0.05) is 15.9 Å². The molecule has 0 bridgehead atoms. The Morgan fingerprint density at radius 1 is 1.40 bits per heavy atom. The topological polar surface area (TPSA) is 21.7 Å². The maximum absolute atomic E-state index is 5.81. The van der Waals surface area contributed by atoms with Gasteiger partial charge in [-0.3, -0.25) is 4.90 Å². The molecule has 0 aliphatic carbocycles. The molecule has 0 aromatic heterocycles. The van der Waals surface area contributed by atoms with E-state index in [1.807, 2.05) is 0 Å². The summed E-state index contributed by atoms with van der Waals surface area (Å²) in [5.41, 5.74) is 0. The van der Waals surface area contributed by atoms with Gasteiger partial charge in [-0.25, -0.2) is 0 Å². The molecule has 2 heterocycles. The lowest BCUT2D eigenvalue weighted by atomic mass is 10.1. The standard InChI is InChI=1S/C11H20BrNO2/c1-9-5-13(7-11(4-12)15-9)6-10-2-3-14-8-10/h9-11H,2-8H2,1H3. The summed E-state index contributed by atoms with van der Waals surface area (Å²) in [6, 6.07) is 0. The Hall–Kier alpha value is 0.360. The van der Waals surface area contributed by atoms with Gasteiger partial charge in [0.15, 0.2) is 0 Å². The van der Waals surface area contributed by atoms with Crippen LogP contribution in [0.15, 0.2) is 0 Å². The van der Waals surface area contributed by atoms with Crippen molar-refractivity contribution in [3.8, 4) is 0 Å². The van der Waals surface area contributed by atoms with Crippen LogP contribution >= 0.6 is 15.9 Å². The van der Waals surface area contributed by atoms with Crippen LogP contribution in [-0.4, -0.2) is 55.3 Å². The zero-order valence-corrected chi connectivity index (χ0v) is 10.9. The number of ether oxygens (including phenoxy) is 2. The highest BCUT2D eigenvalue weighted by Crippen LogP contribution is 2.18. The average Bonchev–Trinajstić information content (AvgIpc) is 2.69. The second-order valence-electron chi connectivity index (χ2n) is 4.67. The van der Waals surface area contributed by atoms with Crippen LogP contribution in [0.4, 0.5) is 0 Å². The molecule has 0 amide bonds. The molecule has 2 aliphatic heterocycles. The molecule has 0 radical (unpaired) electrons. The molecule has 2 rings (SSSR count). The summed E-state index contributed by atoms with van der Waals surface area (Å²) < 4.78 is 11.2. The van der Waals surface area contributed by atoms with Crippen molar-refractivity contribution in [2.45, 2.75) is 25.6 Å². The maximum Gasteiger partial charge on any atom is 0.0802 e. The van der Waals surface area contributed by atoms with Crippen LogP contribution in [0.2, 0.25) is 0 Å². The first-order valence-electron chi connectivity index (χ1n) is 5.79. The Morgan fingerprint density at radius 3 is 2.93 bits per heavy atom. The molecule has 2 fully saturated rings. The number of halogens is 1. The Kier molecular flexibility index (Phi) is 4.43. The van der Waals surface area contributed by atoms with Gasteiger partial charge in [-0.05, 0) is 19.3 Å². The molecule has 0 aromatic carbocycles. The van der Waals surface area contributed by atoms with Crippen molar-refractivity contribution in [1.82, 2.24) is 4.90 Å². The summed E-state index contributed by atoms with van der Waals surface area (Å²) in [5, 5.41) is 0.939. The molecule has 3 unspecified atom stereocenters. The third kappa shape index (κ3) is 3.41. The molecule has 2 saturated heterocycles. The lowest BCUT2D eigenvalue weighted by molar-refractivity contribution is -0.0688. The minimum absolute atomic E-state index is 0.357. The predicted molar refractivity (Wildman–Crippen MR) is 63.5 cm³/mol. The molecule has 2 aliphatic rings. The molecule has 0 N–H and O–H groups in total. The van der Waals surface area contributed by atoms with Gasteiger partial charge in [0.2, 0.25) is 0 Å². The first kappa shape index (κ1) is 11.8. The molecule has 0 spiro atoms. The third-order valence-corrected chi connectivity index (χ3v) is 3.84. The van der Waals surface area contributed by atoms with Gasteiger partial charge in [0.05, 0.1) is 18.8 Å². The van der Waals surface area contributed by atoms with Crippen molar-refractivity contribution in [3.05, 3.63) is 0 Å². The highest BCUT2D eigenvalue weighted by atomic mass is 79.9. The molecule has 4 heteroatoms. The third-order valence-electron chi connectivity index (χ3n) is 3.11. The number of alkyl halides is 1. The van der Waals surface area contributed by atoms with Gasteiger partial charge in [0.25, 0.3) is 0 Å². The van der Waals surface area contributed by atoms with E-state index in [0.717, 1.165) is 37.6 Å². The monoisotopic (exact) mass is 277 g/mol. The summed E-state index contributed by atoms with van der Waals surface area (Å²) in [6.45, 7) is 7.37. The fourth-order valence-corrected chi connectivity index (χ4v) is 2.82. The quantitative estimate of drug-likeness (QED) is 0.730. The van der Waals surface area contributed by atoms with Crippen molar-refractivity contribution in [3.63, 3.8) is 0 Å². The number of hydrogen-bond acceptors (Lipinski definition) is 3. The summed E-state index contributed by atoms with van der Waals surface area (Å²) in [5.74, 6) is 0.742. The summed E-state index contributed by atoms with van der Waals surface area (Å²) in [7, 11) is 0. The van der Waals surface area contributed by atoms with Crippen LogP contribution in [0.5, 0.6) is 0 Å². The zero-order valence-electron chi connectivity index (χ0n) is 9.32. The first-order chi connectivity index (χ1) is 7.28. The average molecular weight is 278 g/mol. The van der Waals surface area contributed by atoms with Gasteiger partial charge >= 0.3 is 0 Å². The van der Waals surface area contributed by atoms with E-state index < -0.39 is 0 Å². The van der Waals surface area contributed by atoms with E-state index in [1.165, 1.54) is 13.0 Å². The largest absolute Gasteiger partial charge is 0.381 e. The molecule has 88 valence electrons. The van der Waals surface area contributed by atoms with E-state index in [9.17, 15) is 0 Å². The molecule has 3 atom stereocenters. The van der Waals surface area contributed by atoms with Crippen molar-refractivity contribution >= 4 is 15.9 Å². The molecular formula is C11H20BrNO2. The molecule has 3 nitrogen and oxygen atoms in total. The van der Waals surface area contributed by atoms with Gasteiger partial charge in [-0.15, -0.1) is 0 Å². The zero-order chi connectivity index (χ0) is 10.7. The van der Waals surface area contributed by atoms with Crippen LogP contribution in [0.3, 0.4) is 0 Å². The lowest BCUT2D eigenvalue weighted by Gasteiger charge is -2.37. The van der Waals surface area contributed by atoms with E-state index in [-0.39, 0.29) is 0 Å². The second kappa shape index (κ2) is 5.62. The Balaban J connectivity index is 1.80. The van der Waals surface area contributed by atoms with Crippen LogP contribution in [0, 0.1) is 5.92 Å². The second-order valence-corrected chi connectivity index (χ2v) is 5.32. The minimum atomic E-state index is 0.357. The summed E-state index contributed by atoms with van der Waals surface area (Å²) in [6.07, 6.45) is 1.95. The van der Waals surface area contributed by atoms with E-state index in [2.05, 4.69) is 27.8 Å². The van der Waals surface area contributed by atoms with Crippen LogP contribution < -0.4 is 0 Å². The predicted octanol–water partition coefficient (Wildman–Crippen LogP) is 1.51. The Bertz CT molecular complexity index is 197. The molecule has 0 aromatic rings. The van der Waals surface area contributed by atoms with Crippen molar-refractivity contribution < 1.29 is 9.47 Å². The Labute approximate surface area is 100 Å². The molecule has 0 saturated carbocycles. The van der Waals surface area contributed by atoms with E-state index >= 15 is 0 Å². The van der Waals surface area contributed by atoms with E-state index in [0.29, 0.717) is 12.2 Å². The summed E-state index contributed by atoms with van der Waals surface area (Å²) >= 11 is 3.50. The molecule has 15 heavy (non-hydrogen) atoms. The highest BCUT2D eigenvalue weighted by molar-refractivity contribution is 9.09. The van der Waals surface area contributed by atoms with Crippen LogP contribution in [-0.2, 0) is 9.47 Å². The van der Waals surface area contributed by atoms with Crippen molar-refractivity contribution in [2.75, 3.05) is 38.2 Å². The number of hydrogen-bond donors (Lipinski definition) is 0. The summed E-state index contributed by atoms with van der Waals surface area (Å²) in [4.78, 5) is 2.53. The van der Waals surface area contributed by atoms with Crippen molar-refractivity contribution in [2.24, 2.45) is 5.92 Å². The van der Waals surface area contributed by atoms with Crippen molar-refractivity contribution in [1.29, 1.82) is 0 Å². The minimum Gasteiger partial charge on any atom is -0.381 e. The van der Waals surface area contributed by atoms with E-state index in [4.69, 9.17) is 9.47 Å².